The number of nitrogens with one attached hydrogen (secondary N) is 1. The van der Waals surface area contributed by atoms with E-state index in [4.69, 9.17) is 14.2 Å². The van der Waals surface area contributed by atoms with Gasteiger partial charge in [-0.05, 0) is 25.1 Å². The van der Waals surface area contributed by atoms with E-state index in [-0.39, 0.29) is 6.04 Å². The summed E-state index contributed by atoms with van der Waals surface area (Å²) >= 11 is 0. The van der Waals surface area contributed by atoms with E-state index in [1.807, 2.05) is 6.92 Å². The summed E-state index contributed by atoms with van der Waals surface area (Å²) in [6, 6.07) is 5.55. The molecule has 0 aliphatic carbocycles. The van der Waals surface area contributed by atoms with Crippen LogP contribution in [-0.4, -0.2) is 45.6 Å². The molecular formula is C14H23NO4. The van der Waals surface area contributed by atoms with Crippen LogP contribution in [0.2, 0.25) is 0 Å². The minimum absolute atomic E-state index is 0.177. The standard InChI is InChI=1S/C14H23NO4/c1-10(9-17-2)15-8-13(16)12-7-11(18-3)5-6-14(12)19-4/h5-7,10,13,15-16H,8-9H2,1-4H3. The number of aliphatic hydroxyl groups is 1. The van der Waals surface area contributed by atoms with Crippen molar-refractivity contribution in [3.8, 4) is 11.5 Å². The van der Waals surface area contributed by atoms with Gasteiger partial charge in [0, 0.05) is 25.3 Å². The average Bonchev–Trinajstić information content (AvgIpc) is 2.44. The van der Waals surface area contributed by atoms with Crippen molar-refractivity contribution in [3.05, 3.63) is 23.8 Å². The van der Waals surface area contributed by atoms with Gasteiger partial charge in [0.25, 0.3) is 0 Å². The largest absolute Gasteiger partial charge is 0.497 e. The molecule has 2 unspecified atom stereocenters. The number of aliphatic hydroxyl groups excluding tert-OH is 1. The quantitative estimate of drug-likeness (QED) is 0.746. The molecular weight excluding hydrogens is 246 g/mol. The van der Waals surface area contributed by atoms with Crippen LogP contribution < -0.4 is 14.8 Å². The number of hydrogen-bond acceptors (Lipinski definition) is 5. The fourth-order valence-electron chi connectivity index (χ4n) is 1.83. The maximum atomic E-state index is 10.2. The molecule has 1 aromatic carbocycles. The Balaban J connectivity index is 2.71. The third kappa shape index (κ3) is 4.70. The van der Waals surface area contributed by atoms with Crippen LogP contribution >= 0.6 is 0 Å². The molecule has 2 atom stereocenters. The number of ether oxygens (including phenoxy) is 3. The van der Waals surface area contributed by atoms with Gasteiger partial charge in [0.2, 0.25) is 0 Å². The molecule has 0 spiro atoms. The molecule has 0 aliphatic rings. The van der Waals surface area contributed by atoms with Crippen LogP contribution in [-0.2, 0) is 4.74 Å². The van der Waals surface area contributed by atoms with Crippen molar-refractivity contribution in [1.29, 1.82) is 0 Å². The van der Waals surface area contributed by atoms with Gasteiger partial charge in [0.1, 0.15) is 11.5 Å². The lowest BCUT2D eigenvalue weighted by Gasteiger charge is -2.19. The molecule has 0 amide bonds. The summed E-state index contributed by atoms with van der Waals surface area (Å²) in [5, 5.41) is 13.4. The SMILES string of the molecule is COCC(C)NCC(O)c1cc(OC)ccc1OC. The fraction of sp³-hybridized carbons (Fsp3) is 0.571. The monoisotopic (exact) mass is 269 g/mol. The van der Waals surface area contributed by atoms with Gasteiger partial charge in [0.15, 0.2) is 0 Å². The Labute approximate surface area is 114 Å². The number of rotatable bonds is 8. The van der Waals surface area contributed by atoms with Crippen LogP contribution in [0.4, 0.5) is 0 Å². The Kier molecular flexibility index (Phi) is 6.62. The minimum Gasteiger partial charge on any atom is -0.497 e. The normalized spacial score (nSPS) is 13.9. The second-order valence-corrected chi connectivity index (χ2v) is 4.39. The van der Waals surface area contributed by atoms with E-state index >= 15 is 0 Å². The average molecular weight is 269 g/mol. The van der Waals surface area contributed by atoms with Gasteiger partial charge in [-0.15, -0.1) is 0 Å². The molecule has 0 aliphatic heterocycles. The Morgan fingerprint density at radius 3 is 2.53 bits per heavy atom. The molecule has 0 fully saturated rings. The van der Waals surface area contributed by atoms with E-state index in [9.17, 15) is 5.11 Å². The molecule has 0 saturated heterocycles. The van der Waals surface area contributed by atoms with Gasteiger partial charge in [-0.25, -0.2) is 0 Å². The van der Waals surface area contributed by atoms with E-state index in [0.29, 0.717) is 30.2 Å². The first-order valence-corrected chi connectivity index (χ1v) is 6.24. The van der Waals surface area contributed by atoms with Crippen molar-refractivity contribution in [2.45, 2.75) is 19.1 Å². The van der Waals surface area contributed by atoms with Crippen LogP contribution in [0.1, 0.15) is 18.6 Å². The van der Waals surface area contributed by atoms with Gasteiger partial charge < -0.3 is 24.6 Å². The Hall–Kier alpha value is -1.30. The van der Waals surface area contributed by atoms with Crippen molar-refractivity contribution in [2.24, 2.45) is 0 Å². The van der Waals surface area contributed by atoms with E-state index in [0.717, 1.165) is 0 Å². The van der Waals surface area contributed by atoms with Crippen LogP contribution in [0.5, 0.6) is 11.5 Å². The molecule has 108 valence electrons. The van der Waals surface area contributed by atoms with Crippen molar-refractivity contribution >= 4 is 0 Å². The van der Waals surface area contributed by atoms with E-state index in [1.54, 1.807) is 39.5 Å². The molecule has 19 heavy (non-hydrogen) atoms. The summed E-state index contributed by atoms with van der Waals surface area (Å²) in [5.41, 5.74) is 0.707. The summed E-state index contributed by atoms with van der Waals surface area (Å²) in [6.45, 7) is 3.02. The van der Waals surface area contributed by atoms with Crippen LogP contribution in [0.15, 0.2) is 18.2 Å². The molecule has 5 heteroatoms. The van der Waals surface area contributed by atoms with Crippen molar-refractivity contribution < 1.29 is 19.3 Å². The lowest BCUT2D eigenvalue weighted by Crippen LogP contribution is -2.33. The summed E-state index contributed by atoms with van der Waals surface area (Å²) in [6.07, 6.45) is -0.663. The zero-order valence-corrected chi connectivity index (χ0v) is 12.0. The summed E-state index contributed by atoms with van der Waals surface area (Å²) in [7, 11) is 4.83. The molecule has 0 saturated carbocycles. The van der Waals surface area contributed by atoms with Gasteiger partial charge in [-0.1, -0.05) is 0 Å². The zero-order valence-electron chi connectivity index (χ0n) is 12.0. The fourth-order valence-corrected chi connectivity index (χ4v) is 1.83. The first-order valence-electron chi connectivity index (χ1n) is 6.24. The van der Waals surface area contributed by atoms with Gasteiger partial charge in [0.05, 0.1) is 26.9 Å². The second-order valence-electron chi connectivity index (χ2n) is 4.39. The molecule has 1 rings (SSSR count). The third-order valence-corrected chi connectivity index (χ3v) is 2.87. The van der Waals surface area contributed by atoms with Crippen molar-refractivity contribution in [3.63, 3.8) is 0 Å². The molecule has 0 bridgehead atoms. The maximum absolute atomic E-state index is 10.2. The van der Waals surface area contributed by atoms with E-state index < -0.39 is 6.10 Å². The van der Waals surface area contributed by atoms with Crippen LogP contribution in [0.3, 0.4) is 0 Å². The number of benzene rings is 1. The Morgan fingerprint density at radius 1 is 1.21 bits per heavy atom. The lowest BCUT2D eigenvalue weighted by molar-refractivity contribution is 0.141. The number of hydrogen-bond donors (Lipinski definition) is 2. The number of methoxy groups -OCH3 is 3. The zero-order chi connectivity index (χ0) is 14.3. The predicted octanol–water partition coefficient (Wildman–Crippen LogP) is 1.36. The topological polar surface area (TPSA) is 60.0 Å². The minimum atomic E-state index is -0.663. The Bertz CT molecular complexity index is 384. The van der Waals surface area contributed by atoms with Crippen LogP contribution in [0, 0.1) is 0 Å². The first kappa shape index (κ1) is 15.8. The van der Waals surface area contributed by atoms with Crippen LogP contribution in [0.25, 0.3) is 0 Å². The molecule has 0 heterocycles. The van der Waals surface area contributed by atoms with Gasteiger partial charge in [-0.2, -0.15) is 0 Å². The third-order valence-electron chi connectivity index (χ3n) is 2.87. The highest BCUT2D eigenvalue weighted by molar-refractivity contribution is 5.41. The summed E-state index contributed by atoms with van der Waals surface area (Å²) < 4.78 is 15.4. The highest BCUT2D eigenvalue weighted by Crippen LogP contribution is 2.29. The lowest BCUT2D eigenvalue weighted by atomic mass is 10.1. The summed E-state index contributed by atoms with van der Waals surface area (Å²) in [5.74, 6) is 1.34. The van der Waals surface area contributed by atoms with Crippen molar-refractivity contribution in [1.82, 2.24) is 5.32 Å². The maximum Gasteiger partial charge on any atom is 0.124 e. The van der Waals surface area contributed by atoms with Gasteiger partial charge in [-0.3, -0.25) is 0 Å². The molecule has 2 N–H and O–H groups in total. The first-order chi connectivity index (χ1) is 9.12. The molecule has 1 aromatic rings. The molecule has 0 aromatic heterocycles. The van der Waals surface area contributed by atoms with E-state index in [2.05, 4.69) is 5.32 Å². The predicted molar refractivity (Wildman–Crippen MR) is 73.8 cm³/mol. The highest BCUT2D eigenvalue weighted by Gasteiger charge is 2.15. The van der Waals surface area contributed by atoms with E-state index in [1.165, 1.54) is 0 Å². The van der Waals surface area contributed by atoms with Gasteiger partial charge >= 0.3 is 0 Å². The Morgan fingerprint density at radius 2 is 1.95 bits per heavy atom. The highest BCUT2D eigenvalue weighted by atomic mass is 16.5. The smallest absolute Gasteiger partial charge is 0.124 e. The van der Waals surface area contributed by atoms with Crippen molar-refractivity contribution in [2.75, 3.05) is 34.5 Å². The molecule has 0 radical (unpaired) electrons. The molecule has 5 nitrogen and oxygen atoms in total. The summed E-state index contributed by atoms with van der Waals surface area (Å²) in [4.78, 5) is 0. The second kappa shape index (κ2) is 7.99.